The molecule has 0 amide bonds. The van der Waals surface area contributed by atoms with E-state index < -0.39 is 0 Å². The number of rotatable bonds is 4. The summed E-state index contributed by atoms with van der Waals surface area (Å²) in [5, 5.41) is 8.96. The number of nitrogen functional groups attached to an aromatic ring is 1. The molecule has 0 spiro atoms. The highest BCUT2D eigenvalue weighted by atomic mass is 16.3. The quantitative estimate of drug-likeness (QED) is 0.753. The van der Waals surface area contributed by atoms with E-state index in [0.717, 1.165) is 30.0 Å². The van der Waals surface area contributed by atoms with Crippen molar-refractivity contribution in [2.24, 2.45) is 0 Å². The minimum atomic E-state index is 0.0897. The van der Waals surface area contributed by atoms with Gasteiger partial charge in [0.25, 0.3) is 0 Å². The molecule has 0 atom stereocenters. The molecule has 1 saturated heterocycles. The summed E-state index contributed by atoms with van der Waals surface area (Å²) in [5.41, 5.74) is 10.5. The molecule has 3 heterocycles. The molecule has 0 saturated carbocycles. The summed E-state index contributed by atoms with van der Waals surface area (Å²) in [6.07, 6.45) is 2.43. The van der Waals surface area contributed by atoms with Gasteiger partial charge in [0.1, 0.15) is 11.3 Å². The average Bonchev–Trinajstić information content (AvgIpc) is 3.01. The highest BCUT2D eigenvalue weighted by Gasteiger charge is 2.20. The van der Waals surface area contributed by atoms with E-state index in [2.05, 4.69) is 10.3 Å². The van der Waals surface area contributed by atoms with Gasteiger partial charge in [0.15, 0.2) is 11.5 Å². The Morgan fingerprint density at radius 1 is 1.33 bits per heavy atom. The molecule has 0 bridgehead atoms. The molecular formula is C12H18N4O2. The Kier molecular flexibility index (Phi) is 2.79. The molecule has 0 unspecified atom stereocenters. The first-order chi connectivity index (χ1) is 8.79. The minimum absolute atomic E-state index is 0.0897. The lowest BCUT2D eigenvalue weighted by atomic mass is 10.4. The van der Waals surface area contributed by atoms with Crippen molar-refractivity contribution in [1.29, 1.82) is 0 Å². The predicted molar refractivity (Wildman–Crippen MR) is 71.4 cm³/mol. The molecule has 1 aliphatic heterocycles. The molecule has 0 radical (unpaired) electrons. The number of hydrogen-bond donors (Lipinski definition) is 3. The van der Waals surface area contributed by atoms with Gasteiger partial charge in [-0.15, -0.1) is 0 Å². The molecule has 2 aromatic rings. The first-order valence-corrected chi connectivity index (χ1v) is 6.30. The van der Waals surface area contributed by atoms with Crippen LogP contribution in [-0.2, 0) is 0 Å². The third kappa shape index (κ3) is 1.78. The Bertz CT molecular complexity index is 540. The SMILES string of the molecule is Nc1cc2c(cc(N3CCCC3)n2NCCO)o1. The van der Waals surface area contributed by atoms with E-state index in [1.54, 1.807) is 6.07 Å². The van der Waals surface area contributed by atoms with Crippen LogP contribution in [-0.4, -0.2) is 36.0 Å². The molecule has 6 nitrogen and oxygen atoms in total. The predicted octanol–water partition coefficient (Wildman–Crippen LogP) is 0.952. The van der Waals surface area contributed by atoms with Crippen LogP contribution >= 0.6 is 0 Å². The summed E-state index contributed by atoms with van der Waals surface area (Å²) in [6, 6.07) is 3.81. The van der Waals surface area contributed by atoms with Gasteiger partial charge in [0, 0.05) is 25.2 Å². The third-order valence-corrected chi connectivity index (χ3v) is 3.30. The fourth-order valence-electron chi connectivity index (χ4n) is 2.50. The molecule has 98 valence electrons. The Labute approximate surface area is 105 Å². The topological polar surface area (TPSA) is 79.6 Å². The van der Waals surface area contributed by atoms with Gasteiger partial charge in [-0.1, -0.05) is 0 Å². The van der Waals surface area contributed by atoms with E-state index in [1.165, 1.54) is 12.8 Å². The van der Waals surface area contributed by atoms with Crippen molar-refractivity contribution < 1.29 is 9.52 Å². The van der Waals surface area contributed by atoms with Crippen molar-refractivity contribution in [2.75, 3.05) is 42.3 Å². The monoisotopic (exact) mass is 250 g/mol. The van der Waals surface area contributed by atoms with Crippen LogP contribution in [0.5, 0.6) is 0 Å². The van der Waals surface area contributed by atoms with Gasteiger partial charge in [-0.3, -0.25) is 0 Å². The lowest BCUT2D eigenvalue weighted by Crippen LogP contribution is -2.26. The molecule has 1 fully saturated rings. The number of hydrogen-bond acceptors (Lipinski definition) is 5. The number of nitrogens with two attached hydrogens (primary N) is 1. The number of aromatic nitrogens is 1. The lowest BCUT2D eigenvalue weighted by molar-refractivity contribution is 0.307. The van der Waals surface area contributed by atoms with Crippen LogP contribution in [0.25, 0.3) is 11.1 Å². The van der Waals surface area contributed by atoms with Gasteiger partial charge in [0.05, 0.1) is 13.2 Å². The number of nitrogens with zero attached hydrogens (tertiary/aromatic N) is 2. The standard InChI is InChI=1S/C12H18N4O2/c13-11-7-9-10(18-11)8-12(15-4-1-2-5-15)16(9)14-3-6-17/h7-8,14,17H,1-6,13H2. The Morgan fingerprint density at radius 3 is 2.83 bits per heavy atom. The molecule has 6 heteroatoms. The number of anilines is 2. The Hall–Kier alpha value is -1.82. The second kappa shape index (κ2) is 4.45. The van der Waals surface area contributed by atoms with Gasteiger partial charge >= 0.3 is 0 Å². The fraction of sp³-hybridized carbons (Fsp3) is 0.500. The molecule has 2 aromatic heterocycles. The Morgan fingerprint density at radius 2 is 2.11 bits per heavy atom. The molecule has 0 aromatic carbocycles. The van der Waals surface area contributed by atoms with Crippen LogP contribution in [0.3, 0.4) is 0 Å². The summed E-state index contributed by atoms with van der Waals surface area (Å²) in [5.74, 6) is 1.49. The summed E-state index contributed by atoms with van der Waals surface area (Å²) < 4.78 is 7.41. The summed E-state index contributed by atoms with van der Waals surface area (Å²) in [7, 11) is 0. The van der Waals surface area contributed by atoms with Gasteiger partial charge in [-0.05, 0) is 12.8 Å². The van der Waals surface area contributed by atoms with Gasteiger partial charge in [-0.2, -0.15) is 0 Å². The highest BCUT2D eigenvalue weighted by Crippen LogP contribution is 2.30. The smallest absolute Gasteiger partial charge is 0.193 e. The van der Waals surface area contributed by atoms with Crippen molar-refractivity contribution in [1.82, 2.24) is 4.68 Å². The molecule has 0 aliphatic carbocycles. The Balaban J connectivity index is 2.02. The number of aliphatic hydroxyl groups excluding tert-OH is 1. The normalized spacial score (nSPS) is 15.7. The number of furan rings is 1. The molecule has 4 N–H and O–H groups in total. The van der Waals surface area contributed by atoms with Crippen molar-refractivity contribution in [2.45, 2.75) is 12.8 Å². The molecule has 1 aliphatic rings. The van der Waals surface area contributed by atoms with Crippen molar-refractivity contribution >= 4 is 22.8 Å². The van der Waals surface area contributed by atoms with Gasteiger partial charge in [0.2, 0.25) is 0 Å². The van der Waals surface area contributed by atoms with Gasteiger partial charge < -0.3 is 25.6 Å². The van der Waals surface area contributed by atoms with Crippen molar-refractivity contribution in [3.8, 4) is 0 Å². The second-order valence-corrected chi connectivity index (χ2v) is 4.56. The molecular weight excluding hydrogens is 232 g/mol. The van der Waals surface area contributed by atoms with E-state index in [0.29, 0.717) is 12.4 Å². The second-order valence-electron chi connectivity index (χ2n) is 4.56. The maximum Gasteiger partial charge on any atom is 0.193 e. The van der Waals surface area contributed by atoms with E-state index in [9.17, 15) is 0 Å². The van der Waals surface area contributed by atoms with Crippen molar-refractivity contribution in [3.05, 3.63) is 12.1 Å². The highest BCUT2D eigenvalue weighted by molar-refractivity contribution is 5.83. The van der Waals surface area contributed by atoms with Gasteiger partial charge in [-0.25, -0.2) is 4.68 Å². The average molecular weight is 250 g/mol. The molecule has 3 rings (SSSR count). The fourth-order valence-corrected chi connectivity index (χ4v) is 2.50. The van der Waals surface area contributed by atoms with Crippen LogP contribution in [0.2, 0.25) is 0 Å². The van der Waals surface area contributed by atoms with E-state index in [1.807, 2.05) is 10.7 Å². The third-order valence-electron chi connectivity index (χ3n) is 3.30. The molecule has 18 heavy (non-hydrogen) atoms. The zero-order valence-corrected chi connectivity index (χ0v) is 10.2. The largest absolute Gasteiger partial charge is 0.439 e. The summed E-state index contributed by atoms with van der Waals surface area (Å²) in [6.45, 7) is 2.70. The zero-order chi connectivity index (χ0) is 12.5. The van der Waals surface area contributed by atoms with E-state index >= 15 is 0 Å². The van der Waals surface area contributed by atoms with Crippen LogP contribution in [0, 0.1) is 0 Å². The van der Waals surface area contributed by atoms with Crippen LogP contribution in [0.15, 0.2) is 16.5 Å². The number of aliphatic hydroxyl groups is 1. The van der Waals surface area contributed by atoms with Crippen molar-refractivity contribution in [3.63, 3.8) is 0 Å². The maximum absolute atomic E-state index is 8.96. The first kappa shape index (κ1) is 11.3. The van der Waals surface area contributed by atoms with Crippen LogP contribution in [0.1, 0.15) is 12.8 Å². The summed E-state index contributed by atoms with van der Waals surface area (Å²) >= 11 is 0. The van der Waals surface area contributed by atoms with Crippen LogP contribution < -0.4 is 16.1 Å². The van der Waals surface area contributed by atoms with E-state index in [4.69, 9.17) is 15.3 Å². The zero-order valence-electron chi connectivity index (χ0n) is 10.2. The lowest BCUT2D eigenvalue weighted by Gasteiger charge is -2.20. The minimum Gasteiger partial charge on any atom is -0.439 e. The first-order valence-electron chi connectivity index (χ1n) is 6.30. The van der Waals surface area contributed by atoms with E-state index in [-0.39, 0.29) is 6.61 Å². The maximum atomic E-state index is 8.96. The number of fused-ring (bicyclic) bond motifs is 1. The van der Waals surface area contributed by atoms with Crippen LogP contribution in [0.4, 0.5) is 11.7 Å². The number of nitrogens with one attached hydrogen (secondary N) is 1. The summed E-state index contributed by atoms with van der Waals surface area (Å²) in [4.78, 5) is 2.32.